The zero-order valence-corrected chi connectivity index (χ0v) is 12.9. The van der Waals surface area contributed by atoms with Crippen molar-refractivity contribution in [1.29, 1.82) is 0 Å². The number of imidazole rings is 1. The van der Waals surface area contributed by atoms with Gasteiger partial charge in [0, 0.05) is 17.9 Å². The highest BCUT2D eigenvalue weighted by molar-refractivity contribution is 6.24. The second-order valence-electron chi connectivity index (χ2n) is 6.63. The Morgan fingerprint density at radius 3 is 2.72 bits per heavy atom. The monoisotopic (exact) mass is 345 g/mol. The summed E-state index contributed by atoms with van der Waals surface area (Å²) in [4.78, 5) is 43.5. The molecule has 1 aromatic rings. The molecule has 3 atom stereocenters. The van der Waals surface area contributed by atoms with E-state index < -0.39 is 52.0 Å². The van der Waals surface area contributed by atoms with Gasteiger partial charge in [-0.25, -0.2) is 4.98 Å². The van der Waals surface area contributed by atoms with Crippen molar-refractivity contribution in [2.75, 3.05) is 0 Å². The van der Waals surface area contributed by atoms with Crippen molar-refractivity contribution in [2.45, 2.75) is 24.9 Å². The third-order valence-electron chi connectivity index (χ3n) is 5.36. The summed E-state index contributed by atoms with van der Waals surface area (Å²) in [6.07, 6.45) is 1.70. The molecule has 25 heavy (non-hydrogen) atoms. The number of nitrogens with zero attached hydrogens (tertiary/aromatic N) is 1. The lowest BCUT2D eigenvalue weighted by Crippen LogP contribution is -2.57. The summed E-state index contributed by atoms with van der Waals surface area (Å²) >= 11 is 0. The Labute approximate surface area is 140 Å². The number of aliphatic hydroxyl groups is 3. The predicted octanol–water partition coefficient (Wildman–Crippen LogP) is -0.402. The molecule has 9 heteroatoms. The van der Waals surface area contributed by atoms with Gasteiger partial charge in [0.15, 0.2) is 5.60 Å². The minimum absolute atomic E-state index is 0.0611. The molecule has 3 aliphatic rings. The number of aromatic amines is 1. The van der Waals surface area contributed by atoms with Crippen LogP contribution in [0.1, 0.15) is 29.0 Å². The first kappa shape index (κ1) is 15.6. The number of amides is 1. The molecule has 1 amide bonds. The van der Waals surface area contributed by atoms with Gasteiger partial charge >= 0.3 is 0 Å². The van der Waals surface area contributed by atoms with E-state index in [1.807, 2.05) is 0 Å². The third kappa shape index (κ3) is 1.81. The molecule has 0 saturated carbocycles. The average Bonchev–Trinajstić information content (AvgIpc) is 2.99. The summed E-state index contributed by atoms with van der Waals surface area (Å²) < 4.78 is 0. The molecule has 1 heterocycles. The van der Waals surface area contributed by atoms with Crippen LogP contribution in [0.25, 0.3) is 0 Å². The van der Waals surface area contributed by atoms with Gasteiger partial charge in [-0.2, -0.15) is 0 Å². The molecule has 0 spiro atoms. The maximum absolute atomic E-state index is 12.7. The number of hydrogen-bond donors (Lipinski definition) is 5. The molecule has 4 rings (SSSR count). The van der Waals surface area contributed by atoms with E-state index in [-0.39, 0.29) is 24.1 Å². The van der Waals surface area contributed by atoms with Gasteiger partial charge in [0.25, 0.3) is 5.91 Å². The van der Waals surface area contributed by atoms with Crippen LogP contribution in [0.2, 0.25) is 0 Å². The number of carbonyl (C=O) groups excluding carboxylic acids is 3. The van der Waals surface area contributed by atoms with Crippen molar-refractivity contribution >= 4 is 17.5 Å². The van der Waals surface area contributed by atoms with Gasteiger partial charge in [-0.3, -0.25) is 14.4 Å². The quantitative estimate of drug-likeness (QED) is 0.431. The standard InChI is InChI=1S/C16H15N3O6/c17-15(24)10-8(20)3-6-1-5-2-7-11(19-4-18-7)12(21)9(5)13(22)16(6,25)14(10)23/h4-6,20,22,25H,1-3H2,(H2,17,24)(H,18,19)/t5-,6+,16+/m1/s1. The number of carbonyl (C=O) groups is 3. The highest BCUT2D eigenvalue weighted by atomic mass is 16.3. The minimum Gasteiger partial charge on any atom is -0.511 e. The molecule has 0 radical (unpaired) electrons. The zero-order chi connectivity index (χ0) is 18.1. The Morgan fingerprint density at radius 2 is 2.04 bits per heavy atom. The van der Waals surface area contributed by atoms with Crippen molar-refractivity contribution in [3.05, 3.63) is 40.4 Å². The van der Waals surface area contributed by atoms with Crippen molar-refractivity contribution < 1.29 is 29.7 Å². The molecule has 0 saturated heterocycles. The lowest BCUT2D eigenvalue weighted by Gasteiger charge is -2.45. The fraction of sp³-hybridized carbons (Fsp3) is 0.375. The number of nitrogens with two attached hydrogens (primary N) is 1. The molecular weight excluding hydrogens is 330 g/mol. The van der Waals surface area contributed by atoms with Crippen molar-refractivity contribution in [1.82, 2.24) is 9.97 Å². The fourth-order valence-electron chi connectivity index (χ4n) is 4.18. The van der Waals surface area contributed by atoms with Crippen molar-refractivity contribution in [3.63, 3.8) is 0 Å². The van der Waals surface area contributed by atoms with Crippen LogP contribution in [0, 0.1) is 11.8 Å². The van der Waals surface area contributed by atoms with Gasteiger partial charge in [-0.05, 0) is 18.8 Å². The Bertz CT molecular complexity index is 911. The molecule has 1 aromatic heterocycles. The SMILES string of the molecule is NC(=O)C1=C(O)C[C@@H]2C[C@@H]3Cc4nc[nH]c4C(=O)C3=C(O)[C@]2(O)C1=O. The maximum Gasteiger partial charge on any atom is 0.255 e. The summed E-state index contributed by atoms with van der Waals surface area (Å²) in [5.41, 5.74) is 2.62. The van der Waals surface area contributed by atoms with Crippen molar-refractivity contribution in [2.24, 2.45) is 17.6 Å². The van der Waals surface area contributed by atoms with E-state index in [0.717, 1.165) is 0 Å². The van der Waals surface area contributed by atoms with E-state index in [1.54, 1.807) is 0 Å². The summed E-state index contributed by atoms with van der Waals surface area (Å²) in [6, 6.07) is 0. The zero-order valence-electron chi connectivity index (χ0n) is 12.9. The molecule has 6 N–H and O–H groups in total. The van der Waals surface area contributed by atoms with E-state index in [4.69, 9.17) is 5.73 Å². The van der Waals surface area contributed by atoms with Gasteiger partial charge in [-0.1, -0.05) is 0 Å². The van der Waals surface area contributed by atoms with Crippen LogP contribution in [0.15, 0.2) is 29.0 Å². The molecule has 0 unspecified atom stereocenters. The Balaban J connectivity index is 1.90. The van der Waals surface area contributed by atoms with E-state index >= 15 is 0 Å². The van der Waals surface area contributed by atoms with Gasteiger partial charge in [0.05, 0.1) is 12.0 Å². The number of Topliss-reactive ketones (excluding diaryl/α,β-unsaturated/α-hetero) is 2. The smallest absolute Gasteiger partial charge is 0.255 e. The van der Waals surface area contributed by atoms with Crippen LogP contribution < -0.4 is 5.73 Å². The van der Waals surface area contributed by atoms with E-state index in [9.17, 15) is 29.7 Å². The molecular formula is C16H15N3O6. The average molecular weight is 345 g/mol. The Morgan fingerprint density at radius 1 is 1.32 bits per heavy atom. The first-order chi connectivity index (χ1) is 11.8. The first-order valence-electron chi connectivity index (χ1n) is 7.76. The molecule has 0 bridgehead atoms. The van der Waals surface area contributed by atoms with E-state index in [1.165, 1.54) is 6.33 Å². The second-order valence-corrected chi connectivity index (χ2v) is 6.63. The van der Waals surface area contributed by atoms with Crippen LogP contribution in [0.3, 0.4) is 0 Å². The predicted molar refractivity (Wildman–Crippen MR) is 81.3 cm³/mol. The largest absolute Gasteiger partial charge is 0.511 e. The van der Waals surface area contributed by atoms with Gasteiger partial charge in [0.2, 0.25) is 11.6 Å². The number of fused-ring (bicyclic) bond motifs is 3. The van der Waals surface area contributed by atoms with Crippen LogP contribution >= 0.6 is 0 Å². The van der Waals surface area contributed by atoms with E-state index in [0.29, 0.717) is 12.1 Å². The summed E-state index contributed by atoms with van der Waals surface area (Å²) in [6.45, 7) is 0. The lowest BCUT2D eigenvalue weighted by molar-refractivity contribution is -0.144. The normalized spacial score (nSPS) is 31.6. The number of ketones is 2. The number of primary amides is 1. The molecule has 130 valence electrons. The number of H-pyrrole nitrogens is 1. The summed E-state index contributed by atoms with van der Waals surface area (Å²) in [5, 5.41) is 31.6. The maximum atomic E-state index is 12.7. The minimum atomic E-state index is -2.45. The van der Waals surface area contributed by atoms with Gasteiger partial charge in [0.1, 0.15) is 22.8 Å². The third-order valence-corrected chi connectivity index (χ3v) is 5.36. The number of rotatable bonds is 1. The Kier molecular flexibility index (Phi) is 2.99. The van der Waals surface area contributed by atoms with Gasteiger partial charge in [-0.15, -0.1) is 0 Å². The summed E-state index contributed by atoms with van der Waals surface area (Å²) in [7, 11) is 0. The van der Waals surface area contributed by atoms with Crippen LogP contribution in [0.4, 0.5) is 0 Å². The fourth-order valence-corrected chi connectivity index (χ4v) is 4.18. The highest BCUT2D eigenvalue weighted by Gasteiger charge is 2.59. The molecule has 3 aliphatic carbocycles. The summed E-state index contributed by atoms with van der Waals surface area (Å²) in [5.74, 6) is -5.50. The molecule has 9 nitrogen and oxygen atoms in total. The number of nitrogens with one attached hydrogen (secondary N) is 1. The second kappa shape index (κ2) is 4.79. The van der Waals surface area contributed by atoms with Crippen molar-refractivity contribution in [3.8, 4) is 0 Å². The number of aromatic nitrogens is 2. The lowest BCUT2D eigenvalue weighted by atomic mass is 9.61. The van der Waals surface area contributed by atoms with Crippen LogP contribution in [0.5, 0.6) is 0 Å². The van der Waals surface area contributed by atoms with Crippen LogP contribution in [-0.4, -0.2) is 48.4 Å². The van der Waals surface area contributed by atoms with Gasteiger partial charge < -0.3 is 26.0 Å². The first-order valence-corrected chi connectivity index (χ1v) is 7.76. The number of hydrogen-bond acceptors (Lipinski definition) is 7. The molecule has 0 aliphatic heterocycles. The number of allylic oxidation sites excluding steroid dienone is 2. The van der Waals surface area contributed by atoms with E-state index in [2.05, 4.69) is 9.97 Å². The number of aliphatic hydroxyl groups excluding tert-OH is 2. The molecule has 0 fully saturated rings. The van der Waals surface area contributed by atoms with Crippen LogP contribution in [-0.2, 0) is 16.0 Å². The molecule has 0 aromatic carbocycles. The Hall–Kier alpha value is -2.94. The topological polar surface area (TPSA) is 167 Å². The highest BCUT2D eigenvalue weighted by Crippen LogP contribution is 2.50.